The van der Waals surface area contributed by atoms with Crippen LogP contribution in [0.1, 0.15) is 17.4 Å². The van der Waals surface area contributed by atoms with E-state index in [1.165, 1.54) is 16.8 Å². The van der Waals surface area contributed by atoms with Crippen LogP contribution in [-0.4, -0.2) is 51.6 Å². The third-order valence-corrected chi connectivity index (χ3v) is 5.85. The average Bonchev–Trinajstić information content (AvgIpc) is 3.14. The number of sulfonamides is 1. The molecule has 1 atom stereocenters. The van der Waals surface area contributed by atoms with Gasteiger partial charge in [0.25, 0.3) is 10.0 Å². The molecule has 2 aromatic heterocycles. The summed E-state index contributed by atoms with van der Waals surface area (Å²) in [5.41, 5.74) is 1.78. The lowest BCUT2D eigenvalue weighted by atomic mass is 10.1. The summed E-state index contributed by atoms with van der Waals surface area (Å²) < 4.78 is 36.6. The van der Waals surface area contributed by atoms with Gasteiger partial charge in [0.1, 0.15) is 0 Å². The lowest BCUT2D eigenvalue weighted by Gasteiger charge is -2.34. The quantitative estimate of drug-likeness (QED) is 0.564. The Hall–Kier alpha value is -1.97. The molecule has 0 spiro atoms. The van der Waals surface area contributed by atoms with Crippen LogP contribution in [0.4, 0.5) is 0 Å². The molecule has 24 heavy (non-hydrogen) atoms. The summed E-state index contributed by atoms with van der Waals surface area (Å²) in [4.78, 5) is 8.39. The lowest BCUT2D eigenvalue weighted by Crippen LogP contribution is -2.42. The molecular formula is C15H21N5O3S. The molecule has 0 aliphatic carbocycles. The highest BCUT2D eigenvalue weighted by molar-refractivity contribution is 7.89. The Morgan fingerprint density at radius 3 is 2.83 bits per heavy atom. The normalized spacial score (nSPS) is 18.5. The van der Waals surface area contributed by atoms with Crippen LogP contribution >= 0.6 is 0 Å². The molecule has 1 aliphatic heterocycles. The van der Waals surface area contributed by atoms with Crippen molar-refractivity contribution < 1.29 is 13.2 Å². The average molecular weight is 351 g/mol. The largest absolute Gasteiger partial charge is 0.375 e. The molecule has 8 nitrogen and oxygen atoms in total. The van der Waals surface area contributed by atoms with E-state index >= 15 is 0 Å². The van der Waals surface area contributed by atoms with Crippen LogP contribution in [0, 0.1) is 0 Å². The van der Waals surface area contributed by atoms with E-state index in [1.54, 1.807) is 24.0 Å². The highest BCUT2D eigenvalue weighted by Gasteiger charge is 2.39. The molecule has 130 valence electrons. The number of imidazole rings is 2. The zero-order valence-electron chi connectivity index (χ0n) is 13.8. The Balaban J connectivity index is 1.99. The van der Waals surface area contributed by atoms with E-state index in [-0.39, 0.29) is 11.6 Å². The Morgan fingerprint density at radius 2 is 2.17 bits per heavy atom. The van der Waals surface area contributed by atoms with E-state index in [4.69, 9.17) is 4.74 Å². The summed E-state index contributed by atoms with van der Waals surface area (Å²) in [6.07, 6.45) is 6.91. The molecule has 0 radical (unpaired) electrons. The number of fused-ring (bicyclic) bond motifs is 1. The molecule has 3 heterocycles. The maximum absolute atomic E-state index is 13.0. The minimum atomic E-state index is -3.71. The van der Waals surface area contributed by atoms with Crippen molar-refractivity contribution in [2.24, 2.45) is 14.1 Å². The second kappa shape index (κ2) is 6.50. The van der Waals surface area contributed by atoms with E-state index in [2.05, 4.69) is 16.5 Å². The fourth-order valence-electron chi connectivity index (χ4n) is 2.97. The molecule has 0 aromatic carbocycles. The van der Waals surface area contributed by atoms with E-state index in [0.29, 0.717) is 19.6 Å². The standard InChI is InChI=1S/C15H21N5O3S/c1-4-7-23-9-13-15-12(16-11-19(15)3)5-6-20(13)24(21,22)14-8-18(2)10-17-14/h4,8,10-11,13H,1,5-7,9H2,2-3H3/t13-/m1/s1. The Morgan fingerprint density at radius 1 is 1.38 bits per heavy atom. The van der Waals surface area contributed by atoms with Gasteiger partial charge in [-0.05, 0) is 0 Å². The van der Waals surface area contributed by atoms with Gasteiger partial charge in [-0.15, -0.1) is 6.58 Å². The Labute approximate surface area is 141 Å². The first-order valence-electron chi connectivity index (χ1n) is 7.63. The van der Waals surface area contributed by atoms with Gasteiger partial charge < -0.3 is 13.9 Å². The molecule has 0 bridgehead atoms. The zero-order valence-corrected chi connectivity index (χ0v) is 14.6. The monoisotopic (exact) mass is 351 g/mol. The van der Waals surface area contributed by atoms with Crippen LogP contribution in [0.15, 0.2) is 36.5 Å². The van der Waals surface area contributed by atoms with Crippen molar-refractivity contribution in [2.75, 3.05) is 19.8 Å². The second-order valence-corrected chi connectivity index (χ2v) is 7.61. The molecule has 0 unspecified atom stereocenters. The summed E-state index contributed by atoms with van der Waals surface area (Å²) >= 11 is 0. The van der Waals surface area contributed by atoms with Gasteiger partial charge in [0.15, 0.2) is 5.03 Å². The summed E-state index contributed by atoms with van der Waals surface area (Å²) in [6.45, 7) is 4.58. The minimum Gasteiger partial charge on any atom is -0.375 e. The van der Waals surface area contributed by atoms with Gasteiger partial charge in [0.05, 0.1) is 43.3 Å². The topological polar surface area (TPSA) is 82.3 Å². The van der Waals surface area contributed by atoms with Crippen molar-refractivity contribution in [3.8, 4) is 0 Å². The first-order chi connectivity index (χ1) is 11.4. The first kappa shape index (κ1) is 16.9. The first-order valence-corrected chi connectivity index (χ1v) is 9.07. The highest BCUT2D eigenvalue weighted by Crippen LogP contribution is 2.33. The molecule has 0 saturated heterocycles. The molecule has 0 amide bonds. The van der Waals surface area contributed by atoms with Crippen molar-refractivity contribution in [3.05, 3.63) is 42.9 Å². The van der Waals surface area contributed by atoms with E-state index in [1.807, 2.05) is 11.6 Å². The maximum atomic E-state index is 13.0. The van der Waals surface area contributed by atoms with Crippen molar-refractivity contribution in [2.45, 2.75) is 17.5 Å². The third-order valence-electron chi connectivity index (χ3n) is 4.06. The van der Waals surface area contributed by atoms with Crippen LogP contribution in [0.2, 0.25) is 0 Å². The van der Waals surface area contributed by atoms with Gasteiger partial charge in [-0.2, -0.15) is 4.31 Å². The SMILES string of the molecule is C=CCOC[C@@H]1c2c(ncn2C)CCN1S(=O)(=O)c1cn(C)cn1. The van der Waals surface area contributed by atoms with Gasteiger partial charge in [0, 0.05) is 33.3 Å². The highest BCUT2D eigenvalue weighted by atomic mass is 32.2. The molecular weight excluding hydrogens is 330 g/mol. The van der Waals surface area contributed by atoms with E-state index in [0.717, 1.165) is 11.4 Å². The predicted molar refractivity (Wildman–Crippen MR) is 87.8 cm³/mol. The van der Waals surface area contributed by atoms with Crippen molar-refractivity contribution in [1.29, 1.82) is 0 Å². The van der Waals surface area contributed by atoms with Crippen LogP contribution < -0.4 is 0 Å². The Kier molecular flexibility index (Phi) is 4.57. The summed E-state index contributed by atoms with van der Waals surface area (Å²) in [5.74, 6) is 0. The fourth-order valence-corrected chi connectivity index (χ4v) is 4.52. The van der Waals surface area contributed by atoms with Crippen molar-refractivity contribution in [1.82, 2.24) is 23.4 Å². The van der Waals surface area contributed by atoms with Crippen LogP contribution in [0.5, 0.6) is 0 Å². The van der Waals surface area contributed by atoms with E-state index < -0.39 is 16.1 Å². The van der Waals surface area contributed by atoms with Gasteiger partial charge in [-0.25, -0.2) is 18.4 Å². The smallest absolute Gasteiger partial charge is 0.262 e. The molecule has 0 N–H and O–H groups in total. The molecule has 3 rings (SSSR count). The minimum absolute atomic E-state index is 0.0457. The summed E-state index contributed by atoms with van der Waals surface area (Å²) in [5, 5.41) is 0.0457. The number of hydrogen-bond acceptors (Lipinski definition) is 5. The van der Waals surface area contributed by atoms with Crippen molar-refractivity contribution >= 4 is 10.0 Å². The van der Waals surface area contributed by atoms with Crippen LogP contribution in [0.3, 0.4) is 0 Å². The molecule has 0 saturated carbocycles. The number of aryl methyl sites for hydroxylation is 2. The van der Waals surface area contributed by atoms with E-state index in [9.17, 15) is 8.42 Å². The summed E-state index contributed by atoms with van der Waals surface area (Å²) in [6, 6.07) is -0.437. The van der Waals surface area contributed by atoms with Gasteiger partial charge in [0.2, 0.25) is 0 Å². The predicted octanol–water partition coefficient (Wildman–Crippen LogP) is 0.644. The van der Waals surface area contributed by atoms with Gasteiger partial charge in [-0.1, -0.05) is 6.08 Å². The van der Waals surface area contributed by atoms with Gasteiger partial charge >= 0.3 is 0 Å². The lowest BCUT2D eigenvalue weighted by molar-refractivity contribution is 0.101. The number of hydrogen-bond donors (Lipinski definition) is 0. The molecule has 9 heteroatoms. The van der Waals surface area contributed by atoms with Crippen LogP contribution in [0.25, 0.3) is 0 Å². The van der Waals surface area contributed by atoms with Crippen molar-refractivity contribution in [3.63, 3.8) is 0 Å². The number of ether oxygens (including phenoxy) is 1. The van der Waals surface area contributed by atoms with Gasteiger partial charge in [-0.3, -0.25) is 0 Å². The number of rotatable bonds is 6. The molecule has 2 aromatic rings. The summed E-state index contributed by atoms with van der Waals surface area (Å²) in [7, 11) is -0.104. The number of aromatic nitrogens is 4. The third kappa shape index (κ3) is 2.90. The maximum Gasteiger partial charge on any atom is 0.262 e. The fraction of sp³-hybridized carbons (Fsp3) is 0.467. The van der Waals surface area contributed by atoms with Crippen LogP contribution in [-0.2, 0) is 35.3 Å². The second-order valence-electron chi connectivity index (χ2n) is 5.77. The Bertz CT molecular complexity index is 839. The zero-order chi connectivity index (χ0) is 17.3. The number of nitrogens with zero attached hydrogens (tertiary/aromatic N) is 5. The molecule has 1 aliphatic rings. The molecule has 0 fully saturated rings.